The van der Waals surface area contributed by atoms with Crippen molar-refractivity contribution in [3.63, 3.8) is 0 Å². The number of aromatic nitrogens is 2. The molecule has 2 aromatic carbocycles. The number of anilines is 3. The van der Waals surface area contributed by atoms with Gasteiger partial charge in [-0.3, -0.25) is 14.2 Å². The fourth-order valence-electron chi connectivity index (χ4n) is 5.21. The predicted octanol–water partition coefficient (Wildman–Crippen LogP) is 3.69. The number of benzene rings is 2. The minimum absolute atomic E-state index is 0.154. The maximum absolute atomic E-state index is 13.7. The Morgan fingerprint density at radius 1 is 1.25 bits per heavy atom. The second kappa shape index (κ2) is 8.82. The van der Waals surface area contributed by atoms with Crippen molar-refractivity contribution in [2.75, 3.05) is 28.6 Å². The Morgan fingerprint density at radius 2 is 1.94 bits per heavy atom. The maximum atomic E-state index is 13.7. The van der Waals surface area contributed by atoms with Crippen LogP contribution in [0, 0.1) is 18.8 Å². The molecule has 1 amide bonds. The van der Waals surface area contributed by atoms with E-state index in [-0.39, 0.29) is 17.2 Å². The molecule has 0 spiro atoms. The summed E-state index contributed by atoms with van der Waals surface area (Å²) in [6.45, 7) is 8.99. The minimum atomic E-state index is -1.03. The zero-order valence-electron chi connectivity index (χ0n) is 20.5. The number of amides is 1. The summed E-state index contributed by atoms with van der Waals surface area (Å²) in [6.07, 6.45) is 2.39. The number of carboxylic acids is 1. The van der Waals surface area contributed by atoms with Crippen LogP contribution in [0.4, 0.5) is 17.3 Å². The third-order valence-electron chi connectivity index (χ3n) is 7.25. The molecular weight excluding hydrogens is 458 g/mol. The maximum Gasteiger partial charge on any atom is 0.337 e. The second-order valence-electron chi connectivity index (χ2n) is 9.73. The summed E-state index contributed by atoms with van der Waals surface area (Å²) >= 11 is 0. The second-order valence-corrected chi connectivity index (χ2v) is 9.73. The Hall–Kier alpha value is -4.14. The zero-order valence-corrected chi connectivity index (χ0v) is 20.5. The summed E-state index contributed by atoms with van der Waals surface area (Å²) in [7, 11) is 1.71. The van der Waals surface area contributed by atoms with E-state index in [1.165, 1.54) is 6.42 Å². The SMILES string of the molecule is C=CC(=O)Nc1c(C)cc(C(C)Nc2ccccc2C(=O)O)c2nc(N3CC4CC4C3)n(C)c(=O)c12. The highest BCUT2D eigenvalue weighted by atomic mass is 16.4. The molecule has 0 bridgehead atoms. The van der Waals surface area contributed by atoms with Crippen molar-refractivity contribution >= 4 is 40.1 Å². The van der Waals surface area contributed by atoms with E-state index in [2.05, 4.69) is 22.1 Å². The van der Waals surface area contributed by atoms with E-state index in [0.717, 1.165) is 24.7 Å². The molecule has 2 heterocycles. The van der Waals surface area contributed by atoms with Crippen LogP contribution in [0.5, 0.6) is 0 Å². The van der Waals surface area contributed by atoms with Gasteiger partial charge in [-0.2, -0.15) is 0 Å². The number of aromatic carboxylic acids is 1. The van der Waals surface area contributed by atoms with Crippen LogP contribution < -0.4 is 21.1 Å². The third kappa shape index (κ3) is 4.00. The van der Waals surface area contributed by atoms with Gasteiger partial charge in [-0.15, -0.1) is 0 Å². The number of nitrogens with one attached hydrogen (secondary N) is 2. The van der Waals surface area contributed by atoms with E-state index in [1.807, 2.05) is 19.9 Å². The van der Waals surface area contributed by atoms with Gasteiger partial charge in [0.2, 0.25) is 11.9 Å². The number of carboxylic acid groups (broad SMARTS) is 1. The third-order valence-corrected chi connectivity index (χ3v) is 7.25. The van der Waals surface area contributed by atoms with Crippen LogP contribution in [0.25, 0.3) is 10.9 Å². The minimum Gasteiger partial charge on any atom is -0.478 e. The molecular formula is C27H29N5O4. The first-order valence-corrected chi connectivity index (χ1v) is 12.0. The van der Waals surface area contributed by atoms with Crippen LogP contribution in [0.3, 0.4) is 0 Å². The summed E-state index contributed by atoms with van der Waals surface area (Å²) < 4.78 is 1.55. The van der Waals surface area contributed by atoms with E-state index in [0.29, 0.717) is 45.6 Å². The highest BCUT2D eigenvalue weighted by Gasteiger charge is 2.46. The summed E-state index contributed by atoms with van der Waals surface area (Å²) in [5, 5.41) is 16.0. The van der Waals surface area contributed by atoms with Crippen molar-refractivity contribution in [1.29, 1.82) is 0 Å². The standard InChI is InChI=1S/C27H29N5O4/c1-5-21(33)29-23-14(2)10-19(15(3)28-20-9-7-6-8-18(20)26(35)36)24-22(23)25(34)31(4)27(30-24)32-12-16-11-17(16)13-32/h5-10,15-17,28H,1,11-13H2,2-4H3,(H,29,33)(H,35,36). The number of hydrogen-bond acceptors (Lipinski definition) is 6. The summed E-state index contributed by atoms with van der Waals surface area (Å²) in [5.41, 5.74) is 2.69. The number of piperidine rings is 1. The van der Waals surface area contributed by atoms with Gasteiger partial charge in [0, 0.05) is 31.4 Å². The van der Waals surface area contributed by atoms with Gasteiger partial charge in [-0.05, 0) is 61.9 Å². The first kappa shape index (κ1) is 23.6. The lowest BCUT2D eigenvalue weighted by Crippen LogP contribution is -2.32. The van der Waals surface area contributed by atoms with E-state index in [4.69, 9.17) is 4.98 Å². The number of fused-ring (bicyclic) bond motifs is 2. The van der Waals surface area contributed by atoms with Gasteiger partial charge in [0.05, 0.1) is 28.2 Å². The summed E-state index contributed by atoms with van der Waals surface area (Å²) in [6, 6.07) is 8.20. The monoisotopic (exact) mass is 487 g/mol. The van der Waals surface area contributed by atoms with Crippen LogP contribution >= 0.6 is 0 Å². The van der Waals surface area contributed by atoms with Gasteiger partial charge in [0.15, 0.2) is 0 Å². The number of carbonyl (C=O) groups is 2. The molecule has 1 aromatic heterocycles. The Balaban J connectivity index is 1.68. The molecule has 186 valence electrons. The van der Waals surface area contributed by atoms with Crippen molar-refractivity contribution < 1.29 is 14.7 Å². The molecule has 2 fully saturated rings. The van der Waals surface area contributed by atoms with Crippen molar-refractivity contribution in [1.82, 2.24) is 9.55 Å². The average molecular weight is 488 g/mol. The van der Waals surface area contributed by atoms with Gasteiger partial charge >= 0.3 is 5.97 Å². The molecule has 1 aliphatic heterocycles. The Morgan fingerprint density at radius 3 is 2.61 bits per heavy atom. The van der Waals surface area contributed by atoms with E-state index in [1.54, 1.807) is 35.9 Å². The zero-order chi connectivity index (χ0) is 25.7. The van der Waals surface area contributed by atoms with Crippen LogP contribution in [0.1, 0.15) is 40.9 Å². The van der Waals surface area contributed by atoms with Crippen molar-refractivity contribution in [3.8, 4) is 0 Å². The number of rotatable bonds is 7. The normalized spacial score (nSPS) is 19.0. The van der Waals surface area contributed by atoms with Gasteiger partial charge in [0.1, 0.15) is 0 Å². The molecule has 3 unspecified atom stereocenters. The van der Waals surface area contributed by atoms with E-state index in [9.17, 15) is 19.5 Å². The average Bonchev–Trinajstić information content (AvgIpc) is 3.47. The number of carbonyl (C=O) groups excluding carboxylic acids is 1. The molecule has 3 N–H and O–H groups in total. The fourth-order valence-corrected chi connectivity index (χ4v) is 5.21. The Labute approximate surface area is 208 Å². The number of hydrogen-bond donors (Lipinski definition) is 3. The topological polar surface area (TPSA) is 117 Å². The Kier molecular flexibility index (Phi) is 5.78. The number of aryl methyl sites for hydroxylation is 1. The largest absolute Gasteiger partial charge is 0.478 e. The lowest BCUT2D eigenvalue weighted by molar-refractivity contribution is -0.111. The molecule has 1 aliphatic carbocycles. The summed E-state index contributed by atoms with van der Waals surface area (Å²) in [4.78, 5) is 44.8. The molecule has 2 aliphatic rings. The molecule has 3 atom stereocenters. The van der Waals surface area contributed by atoms with Gasteiger partial charge < -0.3 is 20.6 Å². The lowest BCUT2D eigenvalue weighted by Gasteiger charge is -2.25. The van der Waals surface area contributed by atoms with E-state index >= 15 is 0 Å². The van der Waals surface area contributed by atoms with Crippen LogP contribution in [-0.2, 0) is 11.8 Å². The molecule has 9 heteroatoms. The van der Waals surface area contributed by atoms with Crippen LogP contribution in [0.2, 0.25) is 0 Å². The van der Waals surface area contributed by atoms with Gasteiger partial charge in [-0.25, -0.2) is 9.78 Å². The Bertz CT molecular complexity index is 1470. The summed E-state index contributed by atoms with van der Waals surface area (Å²) in [5.74, 6) is 0.468. The van der Waals surface area contributed by atoms with Crippen molar-refractivity contribution in [2.24, 2.45) is 18.9 Å². The molecule has 36 heavy (non-hydrogen) atoms. The fraction of sp³-hybridized carbons (Fsp3) is 0.333. The first-order valence-electron chi connectivity index (χ1n) is 12.0. The van der Waals surface area contributed by atoms with Crippen molar-refractivity contribution in [2.45, 2.75) is 26.3 Å². The number of para-hydroxylation sites is 1. The smallest absolute Gasteiger partial charge is 0.337 e. The highest BCUT2D eigenvalue weighted by Crippen LogP contribution is 2.46. The predicted molar refractivity (Wildman–Crippen MR) is 140 cm³/mol. The molecule has 3 aromatic rings. The van der Waals surface area contributed by atoms with Gasteiger partial charge in [0.25, 0.3) is 5.56 Å². The van der Waals surface area contributed by atoms with Crippen LogP contribution in [0.15, 0.2) is 47.8 Å². The molecule has 9 nitrogen and oxygen atoms in total. The van der Waals surface area contributed by atoms with Crippen LogP contribution in [-0.4, -0.2) is 39.6 Å². The van der Waals surface area contributed by atoms with Crippen molar-refractivity contribution in [3.05, 3.63) is 70.0 Å². The van der Waals surface area contributed by atoms with Gasteiger partial charge in [-0.1, -0.05) is 18.7 Å². The highest BCUT2D eigenvalue weighted by molar-refractivity contribution is 6.07. The molecule has 1 saturated carbocycles. The molecule has 5 rings (SSSR count). The molecule has 0 radical (unpaired) electrons. The quantitative estimate of drug-likeness (QED) is 0.435. The van der Waals surface area contributed by atoms with E-state index < -0.39 is 11.9 Å². The number of nitrogens with zero attached hydrogens (tertiary/aromatic N) is 3. The molecule has 1 saturated heterocycles. The first-order chi connectivity index (χ1) is 17.2. The lowest BCUT2D eigenvalue weighted by atomic mass is 9.98.